The van der Waals surface area contributed by atoms with Gasteiger partial charge in [-0.2, -0.15) is 5.10 Å². The van der Waals surface area contributed by atoms with Gasteiger partial charge >= 0.3 is 0 Å². The third-order valence-corrected chi connectivity index (χ3v) is 5.56. The lowest BCUT2D eigenvalue weighted by atomic mass is 10.0. The van der Waals surface area contributed by atoms with Crippen LogP contribution in [0.4, 0.5) is 0 Å². The van der Waals surface area contributed by atoms with E-state index < -0.39 is 11.9 Å². The lowest BCUT2D eigenvalue weighted by Gasteiger charge is -2.20. The number of hydrogen-bond acceptors (Lipinski definition) is 4. The number of amides is 2. The fourth-order valence-corrected chi connectivity index (χ4v) is 3.85. The second-order valence-corrected chi connectivity index (χ2v) is 8.84. The number of carbonyl (C=O) groups excluding carboxylic acids is 2. The Labute approximate surface area is 196 Å². The fraction of sp³-hybridized carbons (Fsp3) is 0.240. The van der Waals surface area contributed by atoms with E-state index in [4.69, 9.17) is 4.42 Å². The van der Waals surface area contributed by atoms with E-state index >= 15 is 0 Å². The van der Waals surface area contributed by atoms with E-state index in [1.165, 1.54) is 6.21 Å². The van der Waals surface area contributed by atoms with Crippen LogP contribution in [0.5, 0.6) is 0 Å². The molecule has 0 saturated heterocycles. The normalized spacial score (nSPS) is 12.2. The van der Waals surface area contributed by atoms with Gasteiger partial charge in [0, 0.05) is 15.6 Å². The zero-order valence-electron chi connectivity index (χ0n) is 18.5. The van der Waals surface area contributed by atoms with Gasteiger partial charge in [-0.3, -0.25) is 9.59 Å². The van der Waals surface area contributed by atoms with E-state index in [9.17, 15) is 9.59 Å². The molecule has 2 amide bonds. The first-order valence-electron chi connectivity index (χ1n) is 10.3. The van der Waals surface area contributed by atoms with Crippen molar-refractivity contribution in [3.8, 4) is 11.3 Å². The number of carbonyl (C=O) groups is 2. The summed E-state index contributed by atoms with van der Waals surface area (Å²) < 4.78 is 6.75. The number of rotatable bonds is 7. The topological polar surface area (TPSA) is 83.7 Å². The first-order chi connectivity index (χ1) is 15.2. The molecular weight excluding hydrogens is 470 g/mol. The molecule has 2 aromatic carbocycles. The van der Waals surface area contributed by atoms with Gasteiger partial charge < -0.3 is 9.73 Å². The summed E-state index contributed by atoms with van der Waals surface area (Å²) in [5.74, 6) is 0.372. The van der Waals surface area contributed by atoms with Crippen LogP contribution < -0.4 is 10.7 Å². The smallest absolute Gasteiger partial charge is 0.262 e. The minimum atomic E-state index is -0.726. The zero-order valence-corrected chi connectivity index (χ0v) is 20.1. The van der Waals surface area contributed by atoms with E-state index in [0.29, 0.717) is 17.1 Å². The highest BCUT2D eigenvalue weighted by Crippen LogP contribution is 2.30. The van der Waals surface area contributed by atoms with Gasteiger partial charge in [0.05, 0.1) is 6.21 Å². The van der Waals surface area contributed by atoms with Gasteiger partial charge in [-0.1, -0.05) is 53.5 Å². The average molecular weight is 496 g/mol. The lowest BCUT2D eigenvalue weighted by Crippen LogP contribution is -2.48. The van der Waals surface area contributed by atoms with Crippen LogP contribution in [0.3, 0.4) is 0 Å². The summed E-state index contributed by atoms with van der Waals surface area (Å²) in [6.45, 7) is 7.66. The molecule has 32 heavy (non-hydrogen) atoms. The number of nitrogens with zero attached hydrogens (tertiary/aromatic N) is 1. The van der Waals surface area contributed by atoms with E-state index in [1.807, 2.05) is 64.1 Å². The summed E-state index contributed by atoms with van der Waals surface area (Å²) >= 11 is 3.55. The molecule has 1 atom stereocenters. The van der Waals surface area contributed by atoms with Gasteiger partial charge in [-0.15, -0.1) is 0 Å². The first-order valence-corrected chi connectivity index (χ1v) is 11.1. The van der Waals surface area contributed by atoms with Crippen molar-refractivity contribution in [2.75, 3.05) is 0 Å². The standard InChI is InChI=1S/C25H26BrN3O3/c1-15(2)23(28-24(30)18-7-5-6-16(3)12-18)25(31)29-27-14-19-9-11-22(32-19)20-10-8-17(4)13-21(20)26/h5-15,23H,1-4H3,(H,28,30)(H,29,31)/b27-14+/t23-/m1/s1. The van der Waals surface area contributed by atoms with Crippen molar-refractivity contribution < 1.29 is 14.0 Å². The van der Waals surface area contributed by atoms with Crippen LogP contribution in [-0.4, -0.2) is 24.1 Å². The molecule has 6 nitrogen and oxygen atoms in total. The Morgan fingerprint density at radius 3 is 2.47 bits per heavy atom. The van der Waals surface area contributed by atoms with Crippen LogP contribution in [0.15, 0.2) is 68.6 Å². The highest BCUT2D eigenvalue weighted by Gasteiger charge is 2.24. The Hall–Kier alpha value is -3.19. The number of halogens is 1. The monoisotopic (exact) mass is 495 g/mol. The summed E-state index contributed by atoms with van der Waals surface area (Å²) in [5.41, 5.74) is 6.05. The summed E-state index contributed by atoms with van der Waals surface area (Å²) in [6.07, 6.45) is 1.43. The van der Waals surface area contributed by atoms with Gasteiger partial charge in [0.15, 0.2) is 0 Å². The number of furan rings is 1. The van der Waals surface area contributed by atoms with Gasteiger partial charge in [0.25, 0.3) is 11.8 Å². The Morgan fingerprint density at radius 2 is 1.78 bits per heavy atom. The zero-order chi connectivity index (χ0) is 23.3. The van der Waals surface area contributed by atoms with Crippen molar-refractivity contribution in [1.29, 1.82) is 0 Å². The minimum Gasteiger partial charge on any atom is -0.455 e. The third kappa shape index (κ3) is 5.95. The van der Waals surface area contributed by atoms with Crippen molar-refractivity contribution >= 4 is 34.0 Å². The maximum Gasteiger partial charge on any atom is 0.262 e. The number of aryl methyl sites for hydroxylation is 2. The molecule has 0 aliphatic heterocycles. The molecular formula is C25H26BrN3O3. The molecule has 0 radical (unpaired) electrons. The van der Waals surface area contributed by atoms with Crippen LogP contribution in [0.1, 0.15) is 41.1 Å². The van der Waals surface area contributed by atoms with E-state index in [0.717, 1.165) is 21.2 Å². The number of hydrazone groups is 1. The Bertz CT molecular complexity index is 1150. The average Bonchev–Trinajstić information content (AvgIpc) is 3.20. The summed E-state index contributed by atoms with van der Waals surface area (Å²) in [4.78, 5) is 25.2. The van der Waals surface area contributed by atoms with E-state index in [2.05, 4.69) is 31.8 Å². The number of hydrogen-bond donors (Lipinski definition) is 2. The molecule has 2 N–H and O–H groups in total. The maximum absolute atomic E-state index is 12.6. The van der Waals surface area contributed by atoms with Crippen molar-refractivity contribution in [1.82, 2.24) is 10.7 Å². The molecule has 0 bridgehead atoms. The second-order valence-electron chi connectivity index (χ2n) is 7.98. The summed E-state index contributed by atoms with van der Waals surface area (Å²) in [6, 6.07) is 16.1. The molecule has 166 valence electrons. The molecule has 7 heteroatoms. The Balaban J connectivity index is 1.64. The van der Waals surface area contributed by atoms with Crippen LogP contribution in [-0.2, 0) is 4.79 Å². The van der Waals surface area contributed by atoms with Crippen molar-refractivity contribution in [2.24, 2.45) is 11.0 Å². The van der Waals surface area contributed by atoms with Crippen molar-refractivity contribution in [3.63, 3.8) is 0 Å². The van der Waals surface area contributed by atoms with Crippen LogP contribution >= 0.6 is 15.9 Å². The second kappa shape index (κ2) is 10.4. The summed E-state index contributed by atoms with van der Waals surface area (Å²) in [5, 5.41) is 6.79. The molecule has 0 aliphatic carbocycles. The lowest BCUT2D eigenvalue weighted by molar-refractivity contribution is -0.123. The van der Waals surface area contributed by atoms with Gasteiger partial charge in [0.1, 0.15) is 17.6 Å². The van der Waals surface area contributed by atoms with Crippen LogP contribution in [0, 0.1) is 19.8 Å². The van der Waals surface area contributed by atoms with E-state index in [-0.39, 0.29) is 11.8 Å². The molecule has 3 rings (SSSR count). The highest BCUT2D eigenvalue weighted by molar-refractivity contribution is 9.10. The molecule has 0 aliphatic rings. The third-order valence-electron chi connectivity index (χ3n) is 4.90. The van der Waals surface area contributed by atoms with Gasteiger partial charge in [0.2, 0.25) is 0 Å². The maximum atomic E-state index is 12.6. The Kier molecular flexibility index (Phi) is 7.64. The quantitative estimate of drug-likeness (QED) is 0.347. The fourth-order valence-electron chi connectivity index (χ4n) is 3.16. The predicted octanol–water partition coefficient (Wildman–Crippen LogP) is 5.23. The SMILES string of the molecule is Cc1cccc(C(=O)N[C@@H](C(=O)N/N=C/c2ccc(-c3ccc(C)cc3Br)o2)C(C)C)c1. The molecule has 0 fully saturated rings. The predicted molar refractivity (Wildman–Crippen MR) is 130 cm³/mol. The van der Waals surface area contributed by atoms with Crippen molar-refractivity contribution in [2.45, 2.75) is 33.7 Å². The highest BCUT2D eigenvalue weighted by atomic mass is 79.9. The van der Waals surface area contributed by atoms with E-state index in [1.54, 1.807) is 18.2 Å². The van der Waals surface area contributed by atoms with Crippen LogP contribution in [0.25, 0.3) is 11.3 Å². The largest absolute Gasteiger partial charge is 0.455 e. The van der Waals surface area contributed by atoms with Crippen molar-refractivity contribution in [3.05, 3.63) is 81.5 Å². The summed E-state index contributed by atoms with van der Waals surface area (Å²) in [7, 11) is 0. The molecule has 1 aromatic heterocycles. The minimum absolute atomic E-state index is 0.118. The number of nitrogens with one attached hydrogen (secondary N) is 2. The van der Waals surface area contributed by atoms with Gasteiger partial charge in [-0.25, -0.2) is 5.43 Å². The Morgan fingerprint density at radius 1 is 1.03 bits per heavy atom. The molecule has 0 unspecified atom stereocenters. The van der Waals surface area contributed by atoms with Crippen LogP contribution in [0.2, 0.25) is 0 Å². The van der Waals surface area contributed by atoms with Gasteiger partial charge in [-0.05, 0) is 61.7 Å². The molecule has 1 heterocycles. The number of benzene rings is 2. The molecule has 0 saturated carbocycles. The first kappa shape index (κ1) is 23.5. The molecule has 3 aromatic rings. The molecule has 0 spiro atoms.